The zero-order chi connectivity index (χ0) is 17.3. The maximum atomic E-state index is 12.7. The first-order valence-electron chi connectivity index (χ1n) is 8.08. The average molecular weight is 391 g/mol. The van der Waals surface area contributed by atoms with E-state index in [1.54, 1.807) is 18.2 Å². The van der Waals surface area contributed by atoms with Crippen LogP contribution in [-0.4, -0.2) is 37.8 Å². The molecule has 8 heteroatoms. The average Bonchev–Trinajstić information content (AvgIpc) is 3.35. The van der Waals surface area contributed by atoms with Crippen LogP contribution in [0.3, 0.4) is 0 Å². The highest BCUT2D eigenvalue weighted by atomic mass is 35.5. The van der Waals surface area contributed by atoms with Gasteiger partial charge in [0.15, 0.2) is 0 Å². The molecule has 1 heterocycles. The van der Waals surface area contributed by atoms with Gasteiger partial charge in [-0.15, -0.1) is 0 Å². The van der Waals surface area contributed by atoms with Crippen LogP contribution in [0, 0.1) is 5.92 Å². The number of hydrogen-bond acceptors (Lipinski definition) is 3. The van der Waals surface area contributed by atoms with Crippen molar-refractivity contribution >= 4 is 39.1 Å². The van der Waals surface area contributed by atoms with Gasteiger partial charge in [-0.3, -0.25) is 4.79 Å². The zero-order valence-corrected chi connectivity index (χ0v) is 15.5. The Morgan fingerprint density at radius 3 is 2.50 bits per heavy atom. The van der Waals surface area contributed by atoms with E-state index < -0.39 is 10.0 Å². The van der Waals surface area contributed by atoms with Crippen molar-refractivity contribution in [3.8, 4) is 0 Å². The lowest BCUT2D eigenvalue weighted by molar-refractivity contribution is -0.126. The highest BCUT2D eigenvalue weighted by Gasteiger charge is 2.34. The van der Waals surface area contributed by atoms with Crippen LogP contribution in [-0.2, 0) is 20.6 Å². The quantitative estimate of drug-likeness (QED) is 0.840. The van der Waals surface area contributed by atoms with E-state index >= 15 is 0 Å². The van der Waals surface area contributed by atoms with Crippen molar-refractivity contribution in [1.29, 1.82) is 0 Å². The largest absolute Gasteiger partial charge is 0.353 e. The third kappa shape index (κ3) is 4.23. The van der Waals surface area contributed by atoms with Crippen LogP contribution in [0.1, 0.15) is 31.2 Å². The number of sulfonamides is 1. The first-order valence-corrected chi connectivity index (χ1v) is 10.4. The molecule has 3 rings (SSSR count). The smallest absolute Gasteiger partial charge is 0.224 e. The number of amides is 1. The summed E-state index contributed by atoms with van der Waals surface area (Å²) in [5, 5.41) is 3.64. The Balaban J connectivity index is 1.70. The van der Waals surface area contributed by atoms with Crippen LogP contribution >= 0.6 is 23.2 Å². The van der Waals surface area contributed by atoms with E-state index in [1.165, 1.54) is 4.31 Å². The minimum Gasteiger partial charge on any atom is -0.353 e. The Morgan fingerprint density at radius 1 is 1.21 bits per heavy atom. The molecule has 0 bridgehead atoms. The lowest BCUT2D eigenvalue weighted by Gasteiger charge is -2.31. The van der Waals surface area contributed by atoms with Crippen LogP contribution in [0.2, 0.25) is 10.0 Å². The van der Waals surface area contributed by atoms with Gasteiger partial charge in [0.25, 0.3) is 0 Å². The van der Waals surface area contributed by atoms with E-state index in [4.69, 9.17) is 23.2 Å². The third-order valence-electron chi connectivity index (χ3n) is 4.46. The number of rotatable bonds is 5. The normalized spacial score (nSPS) is 22.3. The van der Waals surface area contributed by atoms with Gasteiger partial charge in [0.05, 0.1) is 11.7 Å². The summed E-state index contributed by atoms with van der Waals surface area (Å²) < 4.78 is 26.9. The number of halogens is 2. The first-order chi connectivity index (χ1) is 11.4. The summed E-state index contributed by atoms with van der Waals surface area (Å²) in [5.41, 5.74) is 0.408. The predicted octanol–water partition coefficient (Wildman–Crippen LogP) is 2.81. The second kappa shape index (κ2) is 7.20. The van der Waals surface area contributed by atoms with E-state index in [2.05, 4.69) is 5.32 Å². The molecule has 1 N–H and O–H groups in total. The highest BCUT2D eigenvalue weighted by Crippen LogP contribution is 2.29. The van der Waals surface area contributed by atoms with Crippen LogP contribution < -0.4 is 5.32 Å². The van der Waals surface area contributed by atoms with Crippen molar-refractivity contribution in [3.63, 3.8) is 0 Å². The van der Waals surface area contributed by atoms with Crippen molar-refractivity contribution in [3.05, 3.63) is 33.8 Å². The molecule has 1 saturated carbocycles. The Hall–Kier alpha value is -0.820. The Bertz CT molecular complexity index is 715. The lowest BCUT2D eigenvalue weighted by Crippen LogP contribution is -2.46. The van der Waals surface area contributed by atoms with Crippen LogP contribution in [0.4, 0.5) is 0 Å². The summed E-state index contributed by atoms with van der Waals surface area (Å²) >= 11 is 12.2. The van der Waals surface area contributed by atoms with Gasteiger partial charge in [-0.1, -0.05) is 29.3 Å². The number of carbonyl (C=O) groups excluding carboxylic acids is 1. The Labute approximate surface area is 152 Å². The van der Waals surface area contributed by atoms with E-state index in [-0.39, 0.29) is 30.2 Å². The molecule has 1 aliphatic carbocycles. The van der Waals surface area contributed by atoms with Gasteiger partial charge < -0.3 is 5.32 Å². The fraction of sp³-hybridized carbons (Fsp3) is 0.562. The summed E-state index contributed by atoms with van der Waals surface area (Å²) in [6, 6.07) is 5.21. The molecule has 1 atom stereocenters. The molecule has 5 nitrogen and oxygen atoms in total. The molecule has 1 aliphatic heterocycles. The molecule has 0 spiro atoms. The molecule has 132 valence electrons. The van der Waals surface area contributed by atoms with Crippen molar-refractivity contribution in [1.82, 2.24) is 9.62 Å². The maximum Gasteiger partial charge on any atom is 0.224 e. The molecular formula is C16H20Cl2N2O3S. The Morgan fingerprint density at radius 2 is 1.88 bits per heavy atom. The number of piperidine rings is 1. The molecule has 2 aliphatic rings. The highest BCUT2D eigenvalue weighted by molar-refractivity contribution is 7.88. The lowest BCUT2D eigenvalue weighted by atomic mass is 9.99. The number of nitrogens with one attached hydrogen (secondary N) is 1. The van der Waals surface area contributed by atoms with Gasteiger partial charge in [0.1, 0.15) is 0 Å². The monoisotopic (exact) mass is 390 g/mol. The number of nitrogens with zero attached hydrogens (tertiary/aromatic N) is 1. The van der Waals surface area contributed by atoms with Gasteiger partial charge in [-0.25, -0.2) is 12.7 Å². The fourth-order valence-electron chi connectivity index (χ4n) is 2.90. The molecule has 1 aromatic carbocycles. The summed E-state index contributed by atoms with van der Waals surface area (Å²) in [4.78, 5) is 12.2. The first kappa shape index (κ1) is 18.0. The summed E-state index contributed by atoms with van der Waals surface area (Å²) in [5.74, 6) is -0.563. The van der Waals surface area contributed by atoms with Crippen molar-refractivity contribution in [2.75, 3.05) is 13.1 Å². The third-order valence-corrected chi connectivity index (χ3v) is 6.94. The second-order valence-corrected chi connectivity index (χ2v) is 9.22. The summed E-state index contributed by atoms with van der Waals surface area (Å²) in [7, 11) is -3.58. The van der Waals surface area contributed by atoms with Gasteiger partial charge in [-0.2, -0.15) is 0 Å². The molecule has 2 fully saturated rings. The second-order valence-electron chi connectivity index (χ2n) is 6.44. The summed E-state index contributed by atoms with van der Waals surface area (Å²) in [6.07, 6.45) is 3.44. The fourth-order valence-corrected chi connectivity index (χ4v) is 5.26. The molecule has 24 heavy (non-hydrogen) atoms. The minimum absolute atomic E-state index is 0.0341. The van der Waals surface area contributed by atoms with Crippen molar-refractivity contribution < 1.29 is 13.2 Å². The van der Waals surface area contributed by atoms with Crippen LogP contribution in [0.15, 0.2) is 18.2 Å². The minimum atomic E-state index is -3.58. The number of hydrogen-bond donors (Lipinski definition) is 1. The number of carbonyl (C=O) groups is 1. The molecule has 0 radical (unpaired) electrons. The van der Waals surface area contributed by atoms with Gasteiger partial charge in [0.2, 0.25) is 15.9 Å². The molecule has 0 unspecified atom stereocenters. The predicted molar refractivity (Wildman–Crippen MR) is 94.5 cm³/mol. The SMILES string of the molecule is O=C(NC1CC1)[C@H]1CCCN(S(=O)(=O)Cc2c(Cl)cccc2Cl)C1. The number of benzene rings is 1. The van der Waals surface area contributed by atoms with Crippen LogP contribution in [0.5, 0.6) is 0 Å². The molecule has 1 saturated heterocycles. The van der Waals surface area contributed by atoms with Gasteiger partial charge in [-0.05, 0) is 37.8 Å². The van der Waals surface area contributed by atoms with Gasteiger partial charge >= 0.3 is 0 Å². The van der Waals surface area contributed by atoms with E-state index in [0.29, 0.717) is 28.6 Å². The molecule has 0 aromatic heterocycles. The van der Waals surface area contributed by atoms with E-state index in [0.717, 1.165) is 19.3 Å². The molecular weight excluding hydrogens is 371 g/mol. The zero-order valence-electron chi connectivity index (χ0n) is 13.2. The summed E-state index contributed by atoms with van der Waals surface area (Å²) in [6.45, 7) is 0.653. The topological polar surface area (TPSA) is 66.5 Å². The van der Waals surface area contributed by atoms with E-state index in [1.807, 2.05) is 0 Å². The van der Waals surface area contributed by atoms with Crippen molar-refractivity contribution in [2.24, 2.45) is 5.92 Å². The van der Waals surface area contributed by atoms with Crippen LogP contribution in [0.25, 0.3) is 0 Å². The molecule has 1 amide bonds. The van der Waals surface area contributed by atoms with Gasteiger partial charge in [0, 0.05) is 34.7 Å². The Kier molecular flexibility index (Phi) is 5.39. The molecule has 1 aromatic rings. The maximum absolute atomic E-state index is 12.7. The van der Waals surface area contributed by atoms with E-state index in [9.17, 15) is 13.2 Å². The van der Waals surface area contributed by atoms with Crippen molar-refractivity contribution in [2.45, 2.75) is 37.5 Å². The standard InChI is InChI=1S/C16H20Cl2N2O3S/c17-14-4-1-5-15(18)13(14)10-24(22,23)20-8-2-3-11(9-20)16(21)19-12-6-7-12/h1,4-5,11-12H,2-3,6-10H2,(H,19,21)/t11-/m0/s1.